The maximum atomic E-state index is 10.6. The lowest BCUT2D eigenvalue weighted by molar-refractivity contribution is -0.117. The third kappa shape index (κ3) is 1.79. The number of aryl methyl sites for hydroxylation is 1. The first-order valence-electron chi connectivity index (χ1n) is 4.34. The smallest absolute Gasteiger partial charge is 0.228 e. The summed E-state index contributed by atoms with van der Waals surface area (Å²) in [6, 6.07) is 5.67. The van der Waals surface area contributed by atoms with E-state index in [-0.39, 0.29) is 0 Å². The highest BCUT2D eigenvalue weighted by molar-refractivity contribution is 5.72. The number of carbonyl (C=O) groups excluding carboxylic acids is 1. The first-order valence-corrected chi connectivity index (χ1v) is 4.34. The van der Waals surface area contributed by atoms with E-state index in [0.717, 1.165) is 17.7 Å². The summed E-state index contributed by atoms with van der Waals surface area (Å²) < 4.78 is 0. The van der Waals surface area contributed by atoms with Crippen LogP contribution in [0.15, 0.2) is 18.2 Å². The number of hydrogen-bond acceptors (Lipinski definition) is 3. The molecule has 0 spiro atoms. The highest BCUT2D eigenvalue weighted by atomic mass is 16.1. The molecule has 0 aromatic heterocycles. The van der Waals surface area contributed by atoms with E-state index in [1.54, 1.807) is 19.1 Å². The van der Waals surface area contributed by atoms with Crippen LogP contribution in [0.2, 0.25) is 0 Å². The molecular formula is C10H15N3O. The fourth-order valence-electron chi connectivity index (χ4n) is 1.35. The zero-order chi connectivity index (χ0) is 10.7. The van der Waals surface area contributed by atoms with Crippen molar-refractivity contribution in [1.29, 1.82) is 0 Å². The Labute approximate surface area is 83.9 Å². The van der Waals surface area contributed by atoms with Crippen molar-refractivity contribution in [2.24, 2.45) is 0 Å². The number of hydrogen-bond donors (Lipinski definition) is 1. The van der Waals surface area contributed by atoms with Crippen molar-refractivity contribution in [3.63, 3.8) is 0 Å². The van der Waals surface area contributed by atoms with Gasteiger partial charge in [0.1, 0.15) is 0 Å². The Morgan fingerprint density at radius 3 is 2.50 bits per heavy atom. The Balaban J connectivity index is 3.11. The fraction of sp³-hybridized carbons (Fsp3) is 0.300. The van der Waals surface area contributed by atoms with Crippen LogP contribution < -0.4 is 10.7 Å². The van der Waals surface area contributed by atoms with Crippen LogP contribution in [0.5, 0.6) is 0 Å². The molecule has 2 N–H and O–H groups in total. The Kier molecular flexibility index (Phi) is 2.96. The molecule has 0 aliphatic heterocycles. The molecule has 0 bridgehead atoms. The Morgan fingerprint density at radius 2 is 2.00 bits per heavy atom. The molecule has 1 amide bonds. The number of nitrogens with two attached hydrogens (primary N) is 1. The van der Waals surface area contributed by atoms with E-state index in [1.807, 2.05) is 25.1 Å². The van der Waals surface area contributed by atoms with Gasteiger partial charge in [0.2, 0.25) is 6.41 Å². The molecule has 14 heavy (non-hydrogen) atoms. The predicted molar refractivity (Wildman–Crippen MR) is 57.8 cm³/mol. The second kappa shape index (κ2) is 4.00. The van der Waals surface area contributed by atoms with E-state index in [1.165, 1.54) is 5.01 Å². The molecule has 0 atom stereocenters. The van der Waals surface area contributed by atoms with Crippen molar-refractivity contribution in [3.8, 4) is 0 Å². The van der Waals surface area contributed by atoms with Crippen molar-refractivity contribution in [3.05, 3.63) is 23.8 Å². The van der Waals surface area contributed by atoms with E-state index >= 15 is 0 Å². The summed E-state index contributed by atoms with van der Waals surface area (Å²) >= 11 is 0. The lowest BCUT2D eigenvalue weighted by Crippen LogP contribution is -2.36. The molecule has 0 radical (unpaired) electrons. The number of hydrazine groups is 1. The van der Waals surface area contributed by atoms with E-state index in [2.05, 4.69) is 0 Å². The molecule has 76 valence electrons. The van der Waals surface area contributed by atoms with Crippen molar-refractivity contribution in [2.45, 2.75) is 6.92 Å². The summed E-state index contributed by atoms with van der Waals surface area (Å²) in [6.45, 7) is 1.96. The maximum Gasteiger partial charge on any atom is 0.228 e. The molecule has 0 fully saturated rings. The fourth-order valence-corrected chi connectivity index (χ4v) is 1.35. The van der Waals surface area contributed by atoms with Gasteiger partial charge in [-0.2, -0.15) is 0 Å². The summed E-state index contributed by atoms with van der Waals surface area (Å²) in [5, 5.41) is 3.16. The quantitative estimate of drug-likeness (QED) is 0.443. The molecule has 1 rings (SSSR count). The molecular weight excluding hydrogens is 178 g/mol. The van der Waals surface area contributed by atoms with Gasteiger partial charge in [-0.05, 0) is 18.6 Å². The van der Waals surface area contributed by atoms with E-state index in [0.29, 0.717) is 5.69 Å². The van der Waals surface area contributed by atoms with Gasteiger partial charge in [-0.15, -0.1) is 0 Å². The summed E-state index contributed by atoms with van der Waals surface area (Å²) in [5.41, 5.74) is 8.40. The first kappa shape index (κ1) is 10.4. The Morgan fingerprint density at radius 1 is 1.36 bits per heavy atom. The van der Waals surface area contributed by atoms with Crippen LogP contribution in [-0.2, 0) is 4.79 Å². The highest BCUT2D eigenvalue weighted by Crippen LogP contribution is 2.26. The Bertz CT molecular complexity index is 318. The van der Waals surface area contributed by atoms with Crippen molar-refractivity contribution in [1.82, 2.24) is 5.01 Å². The number of anilines is 2. The van der Waals surface area contributed by atoms with Crippen LogP contribution in [0.25, 0.3) is 0 Å². The average molecular weight is 193 g/mol. The van der Waals surface area contributed by atoms with Gasteiger partial charge in [0.05, 0.1) is 11.4 Å². The van der Waals surface area contributed by atoms with Gasteiger partial charge in [-0.3, -0.25) is 14.8 Å². The molecule has 1 aromatic carbocycles. The van der Waals surface area contributed by atoms with Gasteiger partial charge in [0, 0.05) is 14.1 Å². The summed E-state index contributed by atoms with van der Waals surface area (Å²) in [6.07, 6.45) is 0.742. The van der Waals surface area contributed by atoms with Crippen LogP contribution in [-0.4, -0.2) is 25.5 Å². The first-order chi connectivity index (χ1) is 6.57. The summed E-state index contributed by atoms with van der Waals surface area (Å²) in [7, 11) is 3.48. The van der Waals surface area contributed by atoms with Crippen molar-refractivity contribution in [2.75, 3.05) is 24.8 Å². The standard InChI is InChI=1S/C10H15N3O/c1-8-5-4-6-9(11)10(8)13(3)12(2)7-14/h4-7H,11H2,1-3H3. The molecule has 0 unspecified atom stereocenters. The van der Waals surface area contributed by atoms with Crippen LogP contribution >= 0.6 is 0 Å². The number of benzene rings is 1. The molecule has 0 aliphatic rings. The normalized spacial score (nSPS) is 9.64. The third-order valence-electron chi connectivity index (χ3n) is 2.22. The van der Waals surface area contributed by atoms with Gasteiger partial charge in [0.25, 0.3) is 0 Å². The zero-order valence-corrected chi connectivity index (χ0v) is 8.69. The van der Waals surface area contributed by atoms with Crippen LogP contribution in [0, 0.1) is 6.92 Å². The minimum atomic E-state index is 0.668. The summed E-state index contributed by atoms with van der Waals surface area (Å²) in [4.78, 5) is 10.6. The van der Waals surface area contributed by atoms with Gasteiger partial charge in [-0.25, -0.2) is 0 Å². The Hall–Kier alpha value is -1.71. The molecule has 4 nitrogen and oxygen atoms in total. The van der Waals surface area contributed by atoms with E-state index in [4.69, 9.17) is 5.73 Å². The number of nitrogen functional groups attached to an aromatic ring is 1. The molecule has 1 aromatic rings. The zero-order valence-electron chi connectivity index (χ0n) is 8.69. The average Bonchev–Trinajstić information content (AvgIpc) is 2.16. The van der Waals surface area contributed by atoms with Crippen molar-refractivity contribution < 1.29 is 4.79 Å². The second-order valence-electron chi connectivity index (χ2n) is 3.22. The van der Waals surface area contributed by atoms with Gasteiger partial charge >= 0.3 is 0 Å². The minimum Gasteiger partial charge on any atom is -0.397 e. The molecule has 4 heteroatoms. The third-order valence-corrected chi connectivity index (χ3v) is 2.22. The van der Waals surface area contributed by atoms with Gasteiger partial charge in [0.15, 0.2) is 0 Å². The van der Waals surface area contributed by atoms with Crippen LogP contribution in [0.3, 0.4) is 0 Å². The second-order valence-corrected chi connectivity index (χ2v) is 3.22. The van der Waals surface area contributed by atoms with E-state index < -0.39 is 0 Å². The molecule has 0 aliphatic carbocycles. The molecule has 0 heterocycles. The monoisotopic (exact) mass is 193 g/mol. The summed E-state index contributed by atoms with van der Waals surface area (Å²) in [5.74, 6) is 0. The number of amides is 1. The topological polar surface area (TPSA) is 49.6 Å². The van der Waals surface area contributed by atoms with Crippen LogP contribution in [0.1, 0.15) is 5.56 Å². The number of carbonyl (C=O) groups is 1. The molecule has 0 saturated carbocycles. The predicted octanol–water partition coefficient (Wildman–Crippen LogP) is 1.02. The highest BCUT2D eigenvalue weighted by Gasteiger charge is 2.10. The van der Waals surface area contributed by atoms with Gasteiger partial charge < -0.3 is 5.73 Å². The number of para-hydroxylation sites is 1. The number of nitrogens with zero attached hydrogens (tertiary/aromatic N) is 2. The molecule has 0 saturated heterocycles. The maximum absolute atomic E-state index is 10.6. The van der Waals surface area contributed by atoms with E-state index in [9.17, 15) is 4.79 Å². The van der Waals surface area contributed by atoms with Gasteiger partial charge in [-0.1, -0.05) is 12.1 Å². The number of rotatable bonds is 3. The largest absolute Gasteiger partial charge is 0.397 e. The van der Waals surface area contributed by atoms with Crippen molar-refractivity contribution >= 4 is 17.8 Å². The minimum absolute atomic E-state index is 0.668. The van der Waals surface area contributed by atoms with Crippen LogP contribution in [0.4, 0.5) is 11.4 Å². The lowest BCUT2D eigenvalue weighted by Gasteiger charge is -2.28. The SMILES string of the molecule is Cc1cccc(N)c1N(C)N(C)C=O. The lowest BCUT2D eigenvalue weighted by atomic mass is 10.1.